The Morgan fingerprint density at radius 1 is 1.26 bits per heavy atom. The molecule has 0 saturated heterocycles. The van der Waals surface area contributed by atoms with Crippen molar-refractivity contribution in [3.05, 3.63) is 48.0 Å². The molecule has 144 valence electrons. The first-order valence-electron chi connectivity index (χ1n) is 8.54. The first-order chi connectivity index (χ1) is 12.9. The molecule has 0 radical (unpaired) electrons. The van der Waals surface area contributed by atoms with Crippen molar-refractivity contribution in [2.75, 3.05) is 36.1 Å². The predicted molar refractivity (Wildman–Crippen MR) is 104 cm³/mol. The van der Waals surface area contributed by atoms with Gasteiger partial charge in [0, 0.05) is 18.2 Å². The second-order valence-corrected chi connectivity index (χ2v) is 8.17. The lowest BCUT2D eigenvalue weighted by Crippen LogP contribution is -2.37. The molecule has 0 unspecified atom stereocenters. The molecular formula is C19H22N2O5S. The van der Waals surface area contributed by atoms with Crippen LogP contribution in [-0.4, -0.2) is 40.8 Å². The fourth-order valence-corrected chi connectivity index (χ4v) is 3.84. The number of carbonyl (C=O) groups is 1. The molecule has 0 bridgehead atoms. The highest BCUT2D eigenvalue weighted by atomic mass is 32.2. The van der Waals surface area contributed by atoms with Gasteiger partial charge in [-0.15, -0.1) is 0 Å². The summed E-state index contributed by atoms with van der Waals surface area (Å²) in [6.07, 6.45) is 2.07. The van der Waals surface area contributed by atoms with Crippen LogP contribution in [0.1, 0.15) is 12.0 Å². The summed E-state index contributed by atoms with van der Waals surface area (Å²) in [4.78, 5) is 12.2. The minimum atomic E-state index is -3.36. The summed E-state index contributed by atoms with van der Waals surface area (Å²) in [6.45, 7) is 0.547. The predicted octanol–water partition coefficient (Wildman–Crippen LogP) is 2.42. The van der Waals surface area contributed by atoms with Crippen LogP contribution in [0.4, 0.5) is 11.4 Å². The highest BCUT2D eigenvalue weighted by Crippen LogP contribution is 2.35. The zero-order chi connectivity index (χ0) is 19.4. The monoisotopic (exact) mass is 390 g/mol. The molecule has 0 saturated carbocycles. The normalized spacial score (nSPS) is 13.5. The Morgan fingerprint density at radius 2 is 2.07 bits per heavy atom. The van der Waals surface area contributed by atoms with Gasteiger partial charge < -0.3 is 14.8 Å². The number of rotatable bonds is 6. The number of nitrogens with zero attached hydrogens (tertiary/aromatic N) is 1. The SMILES string of the molecule is COc1cccc(CCC(=O)Nc2ccc3c(c2)OCCN3S(C)(=O)=O)c1. The molecule has 0 atom stereocenters. The largest absolute Gasteiger partial charge is 0.497 e. The van der Waals surface area contributed by atoms with Crippen LogP contribution in [0.15, 0.2) is 42.5 Å². The quantitative estimate of drug-likeness (QED) is 0.819. The number of hydrogen-bond acceptors (Lipinski definition) is 5. The molecule has 3 rings (SSSR count). The van der Waals surface area contributed by atoms with Gasteiger partial charge in [0.2, 0.25) is 15.9 Å². The second-order valence-electron chi connectivity index (χ2n) is 6.27. The number of hydrogen-bond donors (Lipinski definition) is 1. The lowest BCUT2D eigenvalue weighted by molar-refractivity contribution is -0.116. The molecule has 0 fully saturated rings. The topological polar surface area (TPSA) is 84.9 Å². The van der Waals surface area contributed by atoms with E-state index in [1.807, 2.05) is 24.3 Å². The number of nitrogens with one attached hydrogen (secondary N) is 1. The lowest BCUT2D eigenvalue weighted by atomic mass is 10.1. The fourth-order valence-electron chi connectivity index (χ4n) is 2.93. The van der Waals surface area contributed by atoms with Gasteiger partial charge in [-0.1, -0.05) is 12.1 Å². The standard InChI is InChI=1S/C19H22N2O5S/c1-25-16-5-3-4-14(12-16)6-9-19(22)20-15-7-8-17-18(13-15)26-11-10-21(17)27(2,23)24/h3-5,7-8,12-13H,6,9-11H2,1-2H3,(H,20,22). The summed E-state index contributed by atoms with van der Waals surface area (Å²) >= 11 is 0. The average Bonchev–Trinajstić information content (AvgIpc) is 2.65. The Kier molecular flexibility index (Phi) is 5.55. The van der Waals surface area contributed by atoms with E-state index >= 15 is 0 Å². The summed E-state index contributed by atoms with van der Waals surface area (Å²) < 4.78 is 35.8. The maximum Gasteiger partial charge on any atom is 0.232 e. The first-order valence-corrected chi connectivity index (χ1v) is 10.4. The molecule has 7 nitrogen and oxygen atoms in total. The van der Waals surface area contributed by atoms with E-state index in [1.54, 1.807) is 25.3 Å². The van der Waals surface area contributed by atoms with Gasteiger partial charge in [-0.3, -0.25) is 9.10 Å². The molecule has 1 N–H and O–H groups in total. The molecule has 1 aliphatic heterocycles. The lowest BCUT2D eigenvalue weighted by Gasteiger charge is -2.29. The van der Waals surface area contributed by atoms with Crippen molar-refractivity contribution in [2.45, 2.75) is 12.8 Å². The van der Waals surface area contributed by atoms with Crippen LogP contribution in [0.2, 0.25) is 0 Å². The zero-order valence-electron chi connectivity index (χ0n) is 15.3. The molecule has 8 heteroatoms. The van der Waals surface area contributed by atoms with Crippen LogP contribution in [0.3, 0.4) is 0 Å². The van der Waals surface area contributed by atoms with Crippen molar-refractivity contribution in [2.24, 2.45) is 0 Å². The smallest absolute Gasteiger partial charge is 0.232 e. The van der Waals surface area contributed by atoms with E-state index in [1.165, 1.54) is 4.31 Å². The molecule has 1 amide bonds. The molecule has 2 aromatic carbocycles. The van der Waals surface area contributed by atoms with Crippen molar-refractivity contribution in [1.82, 2.24) is 0 Å². The molecule has 1 aliphatic rings. The Balaban J connectivity index is 1.65. The number of benzene rings is 2. The molecule has 27 heavy (non-hydrogen) atoms. The van der Waals surface area contributed by atoms with Gasteiger partial charge in [-0.25, -0.2) is 8.42 Å². The summed E-state index contributed by atoms with van der Waals surface area (Å²) in [5, 5.41) is 2.83. The average molecular weight is 390 g/mol. The molecule has 2 aromatic rings. The van der Waals surface area contributed by atoms with Crippen LogP contribution in [0.25, 0.3) is 0 Å². The maximum atomic E-state index is 12.2. The third kappa shape index (κ3) is 4.71. The van der Waals surface area contributed by atoms with Crippen LogP contribution in [0, 0.1) is 0 Å². The number of anilines is 2. The second kappa shape index (κ2) is 7.87. The maximum absolute atomic E-state index is 12.2. The molecule has 0 aliphatic carbocycles. The number of carbonyl (C=O) groups excluding carboxylic acids is 1. The number of sulfonamides is 1. The molecular weight excluding hydrogens is 368 g/mol. The fraction of sp³-hybridized carbons (Fsp3) is 0.316. The van der Waals surface area contributed by atoms with Gasteiger partial charge in [0.1, 0.15) is 18.1 Å². The zero-order valence-corrected chi connectivity index (χ0v) is 16.1. The van der Waals surface area contributed by atoms with Crippen molar-refractivity contribution in [3.63, 3.8) is 0 Å². The van der Waals surface area contributed by atoms with E-state index < -0.39 is 10.0 Å². The number of methoxy groups -OCH3 is 1. The molecule has 1 heterocycles. The van der Waals surface area contributed by atoms with Crippen LogP contribution < -0.4 is 19.1 Å². The van der Waals surface area contributed by atoms with Gasteiger partial charge in [0.15, 0.2) is 0 Å². The number of fused-ring (bicyclic) bond motifs is 1. The van der Waals surface area contributed by atoms with E-state index in [4.69, 9.17) is 9.47 Å². The Bertz CT molecular complexity index is 943. The van der Waals surface area contributed by atoms with Crippen molar-refractivity contribution in [3.8, 4) is 11.5 Å². The Hall–Kier alpha value is -2.74. The van der Waals surface area contributed by atoms with Crippen LogP contribution in [-0.2, 0) is 21.2 Å². The van der Waals surface area contributed by atoms with Crippen LogP contribution >= 0.6 is 0 Å². The third-order valence-electron chi connectivity index (χ3n) is 4.24. The summed E-state index contributed by atoms with van der Waals surface area (Å²) in [7, 11) is -1.76. The van der Waals surface area contributed by atoms with Crippen LogP contribution in [0.5, 0.6) is 11.5 Å². The van der Waals surface area contributed by atoms with Gasteiger partial charge in [-0.05, 0) is 36.2 Å². The summed E-state index contributed by atoms with van der Waals surface area (Å²) in [6, 6.07) is 12.6. The Morgan fingerprint density at radius 3 is 2.81 bits per heavy atom. The van der Waals surface area contributed by atoms with Gasteiger partial charge in [0.25, 0.3) is 0 Å². The minimum Gasteiger partial charge on any atom is -0.497 e. The van der Waals surface area contributed by atoms with E-state index in [0.717, 1.165) is 17.6 Å². The van der Waals surface area contributed by atoms with Crippen molar-refractivity contribution in [1.29, 1.82) is 0 Å². The van der Waals surface area contributed by atoms with Gasteiger partial charge in [-0.2, -0.15) is 0 Å². The van der Waals surface area contributed by atoms with Crippen molar-refractivity contribution < 1.29 is 22.7 Å². The van der Waals surface area contributed by atoms with E-state index in [9.17, 15) is 13.2 Å². The van der Waals surface area contributed by atoms with E-state index in [0.29, 0.717) is 30.0 Å². The summed E-state index contributed by atoms with van der Waals surface area (Å²) in [5.41, 5.74) is 2.07. The minimum absolute atomic E-state index is 0.131. The van der Waals surface area contributed by atoms with Gasteiger partial charge >= 0.3 is 0 Å². The summed E-state index contributed by atoms with van der Waals surface area (Å²) in [5.74, 6) is 1.07. The van der Waals surface area contributed by atoms with E-state index in [2.05, 4.69) is 5.32 Å². The number of amides is 1. The van der Waals surface area contributed by atoms with E-state index in [-0.39, 0.29) is 19.1 Å². The van der Waals surface area contributed by atoms with Crippen molar-refractivity contribution >= 4 is 27.3 Å². The molecule has 0 spiro atoms. The van der Waals surface area contributed by atoms with Gasteiger partial charge in [0.05, 0.1) is 25.6 Å². The number of ether oxygens (including phenoxy) is 2. The first kappa shape index (κ1) is 19.0. The molecule has 0 aromatic heterocycles. The third-order valence-corrected chi connectivity index (χ3v) is 5.42. The Labute approximate surface area is 158 Å². The number of aryl methyl sites for hydroxylation is 1. The highest BCUT2D eigenvalue weighted by Gasteiger charge is 2.25. The highest BCUT2D eigenvalue weighted by molar-refractivity contribution is 7.92.